The first-order chi connectivity index (χ1) is 4.84. The number of halogens is 1. The molecule has 60 valence electrons. The van der Waals surface area contributed by atoms with Crippen molar-refractivity contribution in [2.24, 2.45) is 5.92 Å². The Kier molecular flexibility index (Phi) is 3.13. The van der Waals surface area contributed by atoms with E-state index in [0.29, 0.717) is 0 Å². The zero-order valence-electron chi connectivity index (χ0n) is 6.22. The normalized spacial score (nSPS) is 24.6. The van der Waals surface area contributed by atoms with Crippen molar-refractivity contribution in [3.05, 3.63) is 0 Å². The van der Waals surface area contributed by atoms with Crippen molar-refractivity contribution < 1.29 is 9.50 Å². The fourth-order valence-electron chi connectivity index (χ4n) is 1.64. The monoisotopic (exact) mass is 146 g/mol. The Morgan fingerprint density at radius 1 is 1.30 bits per heavy atom. The second-order valence-corrected chi connectivity index (χ2v) is 3.10. The highest BCUT2D eigenvalue weighted by molar-refractivity contribution is 4.72. The fraction of sp³-hybridized carbons (Fsp3) is 1.00. The van der Waals surface area contributed by atoms with Crippen LogP contribution in [-0.4, -0.2) is 17.9 Å². The van der Waals surface area contributed by atoms with E-state index in [0.717, 1.165) is 25.7 Å². The fourth-order valence-corrected chi connectivity index (χ4v) is 1.64. The van der Waals surface area contributed by atoms with E-state index in [2.05, 4.69) is 0 Å². The maximum absolute atomic E-state index is 12.8. The van der Waals surface area contributed by atoms with Gasteiger partial charge >= 0.3 is 0 Å². The lowest BCUT2D eigenvalue weighted by Gasteiger charge is -2.23. The molecule has 10 heavy (non-hydrogen) atoms. The van der Waals surface area contributed by atoms with Gasteiger partial charge in [0.25, 0.3) is 0 Å². The molecule has 0 aromatic carbocycles. The van der Waals surface area contributed by atoms with E-state index in [1.807, 2.05) is 0 Å². The SMILES string of the molecule is OC[C@H](F)C1CCCCC1. The van der Waals surface area contributed by atoms with E-state index in [-0.39, 0.29) is 12.5 Å². The Morgan fingerprint density at radius 3 is 2.40 bits per heavy atom. The first kappa shape index (κ1) is 7.99. The Hall–Kier alpha value is -0.110. The van der Waals surface area contributed by atoms with Gasteiger partial charge in [-0.15, -0.1) is 0 Å². The minimum Gasteiger partial charge on any atom is -0.393 e. The average Bonchev–Trinajstić information content (AvgIpc) is 2.05. The lowest BCUT2D eigenvalue weighted by molar-refractivity contribution is 0.105. The van der Waals surface area contributed by atoms with Crippen molar-refractivity contribution >= 4 is 0 Å². The van der Waals surface area contributed by atoms with Crippen LogP contribution in [0.2, 0.25) is 0 Å². The van der Waals surface area contributed by atoms with E-state index in [9.17, 15) is 4.39 Å². The van der Waals surface area contributed by atoms with Crippen molar-refractivity contribution in [3.8, 4) is 0 Å². The maximum Gasteiger partial charge on any atom is 0.126 e. The highest BCUT2D eigenvalue weighted by Crippen LogP contribution is 2.27. The number of hydrogen-bond acceptors (Lipinski definition) is 1. The third kappa shape index (κ3) is 1.94. The molecule has 2 heteroatoms. The van der Waals surface area contributed by atoms with Gasteiger partial charge in [-0.2, -0.15) is 0 Å². The molecular formula is C8H15FO. The summed E-state index contributed by atoms with van der Waals surface area (Å²) in [7, 11) is 0. The van der Waals surface area contributed by atoms with E-state index < -0.39 is 6.17 Å². The molecule has 0 radical (unpaired) electrons. The minimum absolute atomic E-state index is 0.152. The molecule has 0 spiro atoms. The first-order valence-corrected chi connectivity index (χ1v) is 4.09. The van der Waals surface area contributed by atoms with Crippen molar-refractivity contribution in [2.45, 2.75) is 38.3 Å². The molecule has 1 fully saturated rings. The van der Waals surface area contributed by atoms with E-state index >= 15 is 0 Å². The van der Waals surface area contributed by atoms with Crippen molar-refractivity contribution in [1.29, 1.82) is 0 Å². The van der Waals surface area contributed by atoms with Crippen molar-refractivity contribution in [2.75, 3.05) is 6.61 Å². The van der Waals surface area contributed by atoms with Gasteiger partial charge in [-0.25, -0.2) is 4.39 Å². The van der Waals surface area contributed by atoms with Crippen LogP contribution in [-0.2, 0) is 0 Å². The summed E-state index contributed by atoms with van der Waals surface area (Å²) >= 11 is 0. The molecule has 1 saturated carbocycles. The van der Waals surface area contributed by atoms with Gasteiger partial charge in [-0.3, -0.25) is 0 Å². The summed E-state index contributed by atoms with van der Waals surface area (Å²) < 4.78 is 12.8. The highest BCUT2D eigenvalue weighted by atomic mass is 19.1. The molecule has 1 aliphatic carbocycles. The Bertz CT molecular complexity index is 89.3. The zero-order valence-corrected chi connectivity index (χ0v) is 6.22. The van der Waals surface area contributed by atoms with Crippen LogP contribution < -0.4 is 0 Å². The Labute approximate surface area is 61.2 Å². The largest absolute Gasteiger partial charge is 0.393 e. The summed E-state index contributed by atoms with van der Waals surface area (Å²) in [5.74, 6) is 0.152. The summed E-state index contributed by atoms with van der Waals surface area (Å²) in [6, 6.07) is 0. The highest BCUT2D eigenvalue weighted by Gasteiger charge is 2.21. The van der Waals surface area contributed by atoms with Gasteiger partial charge in [0.2, 0.25) is 0 Å². The Morgan fingerprint density at radius 2 is 1.90 bits per heavy atom. The molecule has 0 aromatic heterocycles. The van der Waals surface area contributed by atoms with Crippen LogP contribution in [0.3, 0.4) is 0 Å². The van der Waals surface area contributed by atoms with Gasteiger partial charge in [-0.1, -0.05) is 19.3 Å². The van der Waals surface area contributed by atoms with Gasteiger partial charge in [-0.05, 0) is 18.8 Å². The molecule has 0 aromatic rings. The van der Waals surface area contributed by atoms with Crippen molar-refractivity contribution in [3.63, 3.8) is 0 Å². The van der Waals surface area contributed by atoms with Crippen LogP contribution in [0.5, 0.6) is 0 Å². The van der Waals surface area contributed by atoms with Crippen LogP contribution >= 0.6 is 0 Å². The molecule has 1 atom stereocenters. The maximum atomic E-state index is 12.8. The summed E-state index contributed by atoms with van der Waals surface area (Å²) in [6.07, 6.45) is 4.52. The molecule has 0 amide bonds. The third-order valence-electron chi connectivity index (χ3n) is 2.34. The van der Waals surface area contributed by atoms with E-state index in [1.54, 1.807) is 0 Å². The molecule has 0 saturated heterocycles. The number of aliphatic hydroxyl groups excluding tert-OH is 1. The Balaban J connectivity index is 2.24. The van der Waals surface area contributed by atoms with Gasteiger partial charge in [0.15, 0.2) is 0 Å². The second-order valence-electron chi connectivity index (χ2n) is 3.10. The lowest BCUT2D eigenvalue weighted by Crippen LogP contribution is -2.21. The number of aliphatic hydroxyl groups is 1. The smallest absolute Gasteiger partial charge is 0.126 e. The van der Waals surface area contributed by atoms with E-state index in [4.69, 9.17) is 5.11 Å². The van der Waals surface area contributed by atoms with Gasteiger partial charge in [0, 0.05) is 0 Å². The molecule has 0 aliphatic heterocycles. The molecule has 0 unspecified atom stereocenters. The topological polar surface area (TPSA) is 20.2 Å². The predicted octanol–water partition coefficient (Wildman–Crippen LogP) is 1.90. The summed E-state index contributed by atoms with van der Waals surface area (Å²) in [6.45, 7) is -0.287. The van der Waals surface area contributed by atoms with Gasteiger partial charge in [0.1, 0.15) is 6.17 Å². The molecule has 1 rings (SSSR count). The van der Waals surface area contributed by atoms with Gasteiger partial charge in [0.05, 0.1) is 6.61 Å². The summed E-state index contributed by atoms with van der Waals surface area (Å²) in [5, 5.41) is 8.51. The minimum atomic E-state index is -0.958. The van der Waals surface area contributed by atoms with Gasteiger partial charge < -0.3 is 5.11 Å². The van der Waals surface area contributed by atoms with Crippen LogP contribution in [0, 0.1) is 5.92 Å². The van der Waals surface area contributed by atoms with Crippen LogP contribution in [0.1, 0.15) is 32.1 Å². The number of alkyl halides is 1. The summed E-state index contributed by atoms with van der Waals surface area (Å²) in [4.78, 5) is 0. The third-order valence-corrected chi connectivity index (χ3v) is 2.34. The average molecular weight is 146 g/mol. The zero-order chi connectivity index (χ0) is 7.40. The lowest BCUT2D eigenvalue weighted by atomic mass is 9.86. The second kappa shape index (κ2) is 3.91. The number of rotatable bonds is 2. The van der Waals surface area contributed by atoms with E-state index in [1.165, 1.54) is 6.42 Å². The molecule has 0 bridgehead atoms. The summed E-state index contributed by atoms with van der Waals surface area (Å²) in [5.41, 5.74) is 0. The molecular weight excluding hydrogens is 131 g/mol. The van der Waals surface area contributed by atoms with Crippen LogP contribution in [0.4, 0.5) is 4.39 Å². The van der Waals surface area contributed by atoms with Crippen LogP contribution in [0.25, 0.3) is 0 Å². The molecule has 0 heterocycles. The first-order valence-electron chi connectivity index (χ1n) is 4.09. The molecule has 1 nitrogen and oxygen atoms in total. The standard InChI is InChI=1S/C8H15FO/c9-8(6-10)7-4-2-1-3-5-7/h7-8,10H,1-6H2/t8-/m0/s1. The molecule has 1 aliphatic rings. The predicted molar refractivity (Wildman–Crippen MR) is 38.6 cm³/mol. The van der Waals surface area contributed by atoms with Crippen LogP contribution in [0.15, 0.2) is 0 Å². The molecule has 1 N–H and O–H groups in total. The quantitative estimate of drug-likeness (QED) is 0.630. The number of hydrogen-bond donors (Lipinski definition) is 1. The van der Waals surface area contributed by atoms with Crippen molar-refractivity contribution in [1.82, 2.24) is 0 Å².